The Hall–Kier alpha value is -3.44. The number of carbonyl (C=O) groups is 1. The van der Waals surface area contributed by atoms with Crippen LogP contribution in [0.4, 0.5) is 0 Å². The van der Waals surface area contributed by atoms with Gasteiger partial charge in [-0.15, -0.1) is 0 Å². The van der Waals surface area contributed by atoms with Gasteiger partial charge in [0.15, 0.2) is 11.2 Å². The lowest BCUT2D eigenvalue weighted by Gasteiger charge is -2.40. The summed E-state index contributed by atoms with van der Waals surface area (Å²) in [4.78, 5) is 19.0. The number of fused-ring (bicyclic) bond motifs is 3. The Morgan fingerprint density at radius 2 is 1.82 bits per heavy atom. The molecule has 1 aromatic heterocycles. The molecule has 0 radical (unpaired) electrons. The van der Waals surface area contributed by atoms with Crippen LogP contribution in [0.15, 0.2) is 67.0 Å². The van der Waals surface area contributed by atoms with Crippen molar-refractivity contribution in [1.29, 1.82) is 5.26 Å². The highest BCUT2D eigenvalue weighted by atomic mass is 35.5. The molecule has 8 heteroatoms. The third-order valence-corrected chi connectivity index (χ3v) is 7.26. The fraction of sp³-hybridized carbons (Fsp3) is 0.269. The van der Waals surface area contributed by atoms with Gasteiger partial charge in [0.2, 0.25) is 5.91 Å². The molecular formula is C26H22ClN3O4. The van der Waals surface area contributed by atoms with Crippen LogP contribution in [-0.4, -0.2) is 46.2 Å². The fourth-order valence-corrected chi connectivity index (χ4v) is 5.89. The third-order valence-electron chi connectivity index (χ3n) is 6.98. The zero-order chi connectivity index (χ0) is 24.3. The van der Waals surface area contributed by atoms with Crippen molar-refractivity contribution in [2.24, 2.45) is 5.92 Å². The maximum Gasteiger partial charge on any atom is 0.228 e. The number of rotatable bonds is 3. The monoisotopic (exact) mass is 475 g/mol. The van der Waals surface area contributed by atoms with Gasteiger partial charge in [-0.05, 0) is 23.3 Å². The second-order valence-corrected chi connectivity index (χ2v) is 9.29. The number of ether oxygens (including phenoxy) is 1. The maximum atomic E-state index is 13.5. The van der Waals surface area contributed by atoms with E-state index in [0.29, 0.717) is 16.7 Å². The van der Waals surface area contributed by atoms with Crippen LogP contribution in [0.5, 0.6) is 5.75 Å². The van der Waals surface area contributed by atoms with Crippen LogP contribution in [0.3, 0.4) is 0 Å². The number of amides is 1. The lowest BCUT2D eigenvalue weighted by molar-refractivity contribution is -0.155. The number of aromatic nitrogens is 1. The minimum atomic E-state index is -2.08. The van der Waals surface area contributed by atoms with Crippen molar-refractivity contribution >= 4 is 17.5 Å². The van der Waals surface area contributed by atoms with Gasteiger partial charge in [0.1, 0.15) is 11.9 Å². The number of benzene rings is 2. The van der Waals surface area contributed by atoms with Gasteiger partial charge in [-0.25, -0.2) is 0 Å². The summed E-state index contributed by atoms with van der Waals surface area (Å²) in [6, 6.07) is 17.9. The molecule has 5 unspecified atom stereocenters. The Morgan fingerprint density at radius 3 is 2.44 bits per heavy atom. The molecule has 7 nitrogen and oxygen atoms in total. The van der Waals surface area contributed by atoms with E-state index in [-0.39, 0.29) is 22.2 Å². The third kappa shape index (κ3) is 2.77. The van der Waals surface area contributed by atoms with Gasteiger partial charge in [-0.1, -0.05) is 54.1 Å². The summed E-state index contributed by atoms with van der Waals surface area (Å²) in [7, 11) is 3.21. The van der Waals surface area contributed by atoms with Crippen molar-refractivity contribution in [3.63, 3.8) is 0 Å². The fourth-order valence-electron chi connectivity index (χ4n) is 5.59. The molecular weight excluding hydrogens is 454 g/mol. The van der Waals surface area contributed by atoms with Gasteiger partial charge < -0.3 is 19.8 Å². The standard InChI is InChI=1S/C26H22ClN3O4/c1-30(2)24(32)20-21(16-6-4-3-5-7-16)26(17-10-8-15(12-28)9-11-17)25(33,23(20)31)22-18(27)13-29-14-19(22)34-26/h3-11,13-14,20-21,23,31,33H,1-2H3. The largest absolute Gasteiger partial charge is 0.476 e. The number of pyridine rings is 1. The predicted molar refractivity (Wildman–Crippen MR) is 124 cm³/mol. The van der Waals surface area contributed by atoms with Crippen LogP contribution >= 0.6 is 11.6 Å². The molecule has 5 atom stereocenters. The molecule has 5 rings (SSSR count). The number of nitrogens with zero attached hydrogens (tertiary/aromatic N) is 3. The number of aliphatic hydroxyl groups is 2. The van der Waals surface area contributed by atoms with Crippen LogP contribution in [-0.2, 0) is 16.0 Å². The molecule has 34 heavy (non-hydrogen) atoms. The quantitative estimate of drug-likeness (QED) is 0.603. The van der Waals surface area contributed by atoms with E-state index in [4.69, 9.17) is 16.3 Å². The van der Waals surface area contributed by atoms with Crippen molar-refractivity contribution in [1.82, 2.24) is 9.88 Å². The average Bonchev–Trinajstić information content (AvgIpc) is 3.23. The van der Waals surface area contributed by atoms with E-state index in [9.17, 15) is 20.3 Å². The SMILES string of the molecule is CN(C)C(=O)C1C(O)C2(O)c3c(Cl)cncc3OC2(c2ccc(C#N)cc2)C1c1ccccc1. The molecule has 2 aliphatic rings. The summed E-state index contributed by atoms with van der Waals surface area (Å²) in [6.07, 6.45) is 1.27. The van der Waals surface area contributed by atoms with E-state index >= 15 is 0 Å². The normalized spacial score (nSPS) is 29.0. The van der Waals surface area contributed by atoms with E-state index in [1.54, 1.807) is 38.4 Å². The van der Waals surface area contributed by atoms with Gasteiger partial charge in [0.25, 0.3) is 0 Å². The number of aliphatic hydroxyl groups excluding tert-OH is 1. The van der Waals surface area contributed by atoms with Crippen molar-refractivity contribution in [3.05, 3.63) is 94.3 Å². The number of nitriles is 1. The number of hydrogen-bond acceptors (Lipinski definition) is 6. The highest BCUT2D eigenvalue weighted by Gasteiger charge is 2.77. The Labute approximate surface area is 201 Å². The first-order valence-corrected chi connectivity index (χ1v) is 11.1. The van der Waals surface area contributed by atoms with Crippen LogP contribution in [0.25, 0.3) is 0 Å². The molecule has 2 aromatic carbocycles. The van der Waals surface area contributed by atoms with Gasteiger partial charge in [0.05, 0.1) is 34.3 Å². The van der Waals surface area contributed by atoms with Crippen molar-refractivity contribution in [2.45, 2.75) is 23.2 Å². The van der Waals surface area contributed by atoms with Crippen LogP contribution in [0, 0.1) is 17.2 Å². The highest BCUT2D eigenvalue weighted by molar-refractivity contribution is 6.31. The van der Waals surface area contributed by atoms with Crippen molar-refractivity contribution < 1.29 is 19.7 Å². The van der Waals surface area contributed by atoms with E-state index in [1.807, 2.05) is 30.3 Å². The zero-order valence-electron chi connectivity index (χ0n) is 18.5. The number of carbonyl (C=O) groups excluding carboxylic acids is 1. The summed E-state index contributed by atoms with van der Waals surface area (Å²) >= 11 is 6.52. The molecule has 1 aliphatic carbocycles. The van der Waals surface area contributed by atoms with Crippen LogP contribution in [0.1, 0.15) is 28.2 Å². The summed E-state index contributed by atoms with van der Waals surface area (Å²) in [5, 5.41) is 33.7. The molecule has 1 saturated carbocycles. The van der Waals surface area contributed by atoms with Gasteiger partial charge >= 0.3 is 0 Å². The molecule has 1 aliphatic heterocycles. The lowest BCUT2D eigenvalue weighted by Crippen LogP contribution is -2.52. The molecule has 172 valence electrons. The highest BCUT2D eigenvalue weighted by Crippen LogP contribution is 2.69. The van der Waals surface area contributed by atoms with E-state index in [0.717, 1.165) is 0 Å². The molecule has 3 aromatic rings. The molecule has 0 spiro atoms. The number of hydrogen-bond donors (Lipinski definition) is 2. The second kappa shape index (κ2) is 7.81. The lowest BCUT2D eigenvalue weighted by atomic mass is 9.70. The molecule has 2 heterocycles. The molecule has 1 fully saturated rings. The average molecular weight is 476 g/mol. The molecule has 2 N–H and O–H groups in total. The molecule has 0 bridgehead atoms. The Balaban J connectivity index is 1.88. The second-order valence-electron chi connectivity index (χ2n) is 8.88. The van der Waals surface area contributed by atoms with E-state index in [1.165, 1.54) is 17.3 Å². The topological polar surface area (TPSA) is 107 Å². The van der Waals surface area contributed by atoms with Gasteiger partial charge in [-0.3, -0.25) is 9.78 Å². The Morgan fingerprint density at radius 1 is 1.15 bits per heavy atom. The molecule has 0 saturated heterocycles. The summed E-state index contributed by atoms with van der Waals surface area (Å²) in [5.41, 5.74) is -1.87. The van der Waals surface area contributed by atoms with Gasteiger partial charge in [0, 0.05) is 26.2 Å². The summed E-state index contributed by atoms with van der Waals surface area (Å²) in [5.74, 6) is -1.96. The first kappa shape index (κ1) is 22.4. The van der Waals surface area contributed by atoms with E-state index < -0.39 is 29.1 Å². The summed E-state index contributed by atoms with van der Waals surface area (Å²) < 4.78 is 6.55. The van der Waals surface area contributed by atoms with Crippen LogP contribution in [0.2, 0.25) is 5.02 Å². The number of halogens is 1. The van der Waals surface area contributed by atoms with E-state index in [2.05, 4.69) is 11.1 Å². The minimum absolute atomic E-state index is 0.124. The first-order chi connectivity index (χ1) is 16.3. The van der Waals surface area contributed by atoms with Crippen molar-refractivity contribution in [3.8, 4) is 11.8 Å². The first-order valence-electron chi connectivity index (χ1n) is 10.8. The molecule has 1 amide bonds. The van der Waals surface area contributed by atoms with Gasteiger partial charge in [-0.2, -0.15) is 5.26 Å². The minimum Gasteiger partial charge on any atom is -0.476 e. The maximum absolute atomic E-state index is 13.5. The Kier molecular flexibility index (Phi) is 5.14. The zero-order valence-corrected chi connectivity index (χ0v) is 19.3. The van der Waals surface area contributed by atoms with Crippen molar-refractivity contribution in [2.75, 3.05) is 14.1 Å². The Bertz CT molecular complexity index is 1310. The summed E-state index contributed by atoms with van der Waals surface area (Å²) in [6.45, 7) is 0. The smallest absolute Gasteiger partial charge is 0.228 e. The predicted octanol–water partition coefficient (Wildman–Crippen LogP) is 2.94. The van der Waals surface area contributed by atoms with Crippen LogP contribution < -0.4 is 4.74 Å².